The Morgan fingerprint density at radius 1 is 0.375 bits per heavy atom. The highest BCUT2D eigenvalue weighted by molar-refractivity contribution is 5.85. The van der Waals surface area contributed by atoms with Gasteiger partial charge in [0.1, 0.15) is 0 Å². The van der Waals surface area contributed by atoms with Crippen molar-refractivity contribution >= 4 is 22.7 Å². The van der Waals surface area contributed by atoms with Crippen molar-refractivity contribution in [3.8, 4) is 22.3 Å². The molecule has 274 valence electrons. The van der Waals surface area contributed by atoms with Crippen LogP contribution in [0.15, 0.2) is 219 Å². The summed E-state index contributed by atoms with van der Waals surface area (Å²) in [7, 11) is 0. The van der Waals surface area contributed by atoms with Gasteiger partial charge in [-0.2, -0.15) is 0 Å². The van der Waals surface area contributed by atoms with Crippen LogP contribution in [-0.2, 0) is 10.8 Å². The molecule has 0 saturated heterocycles. The number of para-hydroxylation sites is 2. The summed E-state index contributed by atoms with van der Waals surface area (Å²) in [4.78, 5) is 4.41. The van der Waals surface area contributed by atoms with E-state index in [2.05, 4.69) is 197 Å². The lowest BCUT2D eigenvalue weighted by Gasteiger charge is -2.28. The SMILES string of the molecule is C=C(C=CC(=C)N(c1ccccc1)c1ccc2c(c1)C(C)(C)c1ccccc1-2)C(=C)C=CC(=C)N(c1ccccc1)c1ccc2c(c1)C(C)(C)c1ccccc1-2. The average Bonchev–Trinajstić information content (AvgIpc) is 3.59. The highest BCUT2D eigenvalue weighted by Gasteiger charge is 2.37. The topological polar surface area (TPSA) is 6.48 Å². The molecule has 6 aromatic rings. The number of hydrogen-bond donors (Lipinski definition) is 0. The molecule has 0 heterocycles. The molecule has 0 aliphatic heterocycles. The Labute approximate surface area is 333 Å². The monoisotopic (exact) mass is 724 g/mol. The Morgan fingerprint density at radius 2 is 0.714 bits per heavy atom. The summed E-state index contributed by atoms with van der Waals surface area (Å²) < 4.78 is 0. The van der Waals surface area contributed by atoms with Crippen LogP contribution in [-0.4, -0.2) is 0 Å². The zero-order valence-electron chi connectivity index (χ0n) is 32.9. The minimum absolute atomic E-state index is 0.108. The zero-order chi connectivity index (χ0) is 39.2. The number of nitrogens with zero attached hydrogens (tertiary/aromatic N) is 2. The number of benzene rings is 6. The van der Waals surface area contributed by atoms with Gasteiger partial charge in [0, 0.05) is 45.0 Å². The van der Waals surface area contributed by atoms with Crippen molar-refractivity contribution in [3.05, 3.63) is 241 Å². The molecule has 0 N–H and O–H groups in total. The van der Waals surface area contributed by atoms with Crippen molar-refractivity contribution in [2.75, 3.05) is 9.80 Å². The van der Waals surface area contributed by atoms with Crippen LogP contribution in [0.5, 0.6) is 0 Å². The fourth-order valence-corrected chi connectivity index (χ4v) is 8.53. The van der Waals surface area contributed by atoms with Crippen molar-refractivity contribution < 1.29 is 0 Å². The van der Waals surface area contributed by atoms with E-state index in [1.54, 1.807) is 0 Å². The molecule has 0 radical (unpaired) electrons. The second kappa shape index (κ2) is 14.2. The Morgan fingerprint density at radius 3 is 1.11 bits per heavy atom. The lowest BCUT2D eigenvalue weighted by atomic mass is 9.82. The van der Waals surface area contributed by atoms with Crippen LogP contribution in [0.25, 0.3) is 22.3 Å². The number of anilines is 4. The van der Waals surface area contributed by atoms with Crippen molar-refractivity contribution in [3.63, 3.8) is 0 Å². The van der Waals surface area contributed by atoms with Crippen LogP contribution < -0.4 is 9.80 Å². The Bertz CT molecular complexity index is 2410. The van der Waals surface area contributed by atoms with E-state index < -0.39 is 0 Å². The molecule has 0 bridgehead atoms. The highest BCUT2D eigenvalue weighted by atomic mass is 15.1. The molecule has 56 heavy (non-hydrogen) atoms. The Balaban J connectivity index is 1.04. The molecule has 2 aliphatic carbocycles. The summed E-state index contributed by atoms with van der Waals surface area (Å²) in [6.45, 7) is 27.1. The predicted octanol–water partition coefficient (Wildman–Crippen LogP) is 14.5. The van der Waals surface area contributed by atoms with Crippen LogP contribution in [0.3, 0.4) is 0 Å². The molecule has 2 aliphatic rings. The first-order valence-electron chi connectivity index (χ1n) is 19.3. The molecule has 0 atom stereocenters. The minimum atomic E-state index is -0.108. The van der Waals surface area contributed by atoms with Crippen LogP contribution in [0.2, 0.25) is 0 Å². The second-order valence-electron chi connectivity index (χ2n) is 15.8. The molecular weight excluding hydrogens is 677 g/mol. The van der Waals surface area contributed by atoms with Gasteiger partial charge in [-0.3, -0.25) is 0 Å². The quantitative estimate of drug-likeness (QED) is 0.123. The molecule has 0 spiro atoms. The molecule has 0 unspecified atom stereocenters. The van der Waals surface area contributed by atoms with Gasteiger partial charge in [0.15, 0.2) is 0 Å². The maximum Gasteiger partial charge on any atom is 0.0464 e. The average molecular weight is 725 g/mol. The lowest BCUT2D eigenvalue weighted by Crippen LogP contribution is -2.18. The van der Waals surface area contributed by atoms with E-state index in [1.807, 2.05) is 36.4 Å². The summed E-state index contributed by atoms with van der Waals surface area (Å²) >= 11 is 0. The number of rotatable bonds is 11. The summed E-state index contributed by atoms with van der Waals surface area (Å²) in [5.74, 6) is 0. The van der Waals surface area contributed by atoms with Gasteiger partial charge in [0.25, 0.3) is 0 Å². The van der Waals surface area contributed by atoms with Gasteiger partial charge < -0.3 is 9.80 Å². The molecule has 0 amide bonds. The molecule has 2 heteroatoms. The summed E-state index contributed by atoms with van der Waals surface area (Å²) in [6.07, 6.45) is 8.04. The van der Waals surface area contributed by atoms with Gasteiger partial charge in [-0.15, -0.1) is 0 Å². The first-order chi connectivity index (χ1) is 27.0. The minimum Gasteiger partial charge on any atom is -0.311 e. The van der Waals surface area contributed by atoms with Gasteiger partial charge >= 0.3 is 0 Å². The van der Waals surface area contributed by atoms with Crippen LogP contribution in [0.4, 0.5) is 22.7 Å². The number of hydrogen-bond acceptors (Lipinski definition) is 2. The van der Waals surface area contributed by atoms with E-state index >= 15 is 0 Å². The van der Waals surface area contributed by atoms with Crippen molar-refractivity contribution in [1.82, 2.24) is 0 Å². The van der Waals surface area contributed by atoms with E-state index in [1.165, 1.54) is 44.5 Å². The maximum absolute atomic E-state index is 4.55. The standard InChI is InChI=1S/C54H48N2/c1-37(27-29-39(3)55(41-19-11-9-12-20-41)43-31-33-47-45-23-15-17-25-49(45)53(5,6)51(47)35-43)38(2)28-30-40(4)56(42-21-13-10-14-22-42)44-32-34-48-46-24-16-18-26-50(46)54(7,8)52(48)36-44/h9-36H,1-4H2,5-8H3. The van der Waals surface area contributed by atoms with Crippen molar-refractivity contribution in [2.45, 2.75) is 38.5 Å². The number of allylic oxidation sites excluding steroid dienone is 6. The molecular formula is C54H48N2. The predicted molar refractivity (Wildman–Crippen MR) is 240 cm³/mol. The summed E-state index contributed by atoms with van der Waals surface area (Å²) in [5.41, 5.74) is 17.7. The van der Waals surface area contributed by atoms with Gasteiger partial charge in [-0.1, -0.05) is 163 Å². The smallest absolute Gasteiger partial charge is 0.0464 e. The highest BCUT2D eigenvalue weighted by Crippen LogP contribution is 2.51. The van der Waals surface area contributed by atoms with Crippen LogP contribution in [0.1, 0.15) is 49.9 Å². The second-order valence-corrected chi connectivity index (χ2v) is 15.8. The summed E-state index contributed by atoms with van der Waals surface area (Å²) in [5, 5.41) is 0. The lowest BCUT2D eigenvalue weighted by molar-refractivity contribution is 0.660. The van der Waals surface area contributed by atoms with E-state index in [0.717, 1.165) is 45.3 Å². The molecule has 8 rings (SSSR count). The van der Waals surface area contributed by atoms with E-state index in [4.69, 9.17) is 0 Å². The van der Waals surface area contributed by atoms with Crippen molar-refractivity contribution in [1.29, 1.82) is 0 Å². The molecule has 6 aromatic carbocycles. The molecule has 2 nitrogen and oxygen atoms in total. The van der Waals surface area contributed by atoms with Gasteiger partial charge in [0.2, 0.25) is 0 Å². The van der Waals surface area contributed by atoms with Crippen LogP contribution >= 0.6 is 0 Å². The van der Waals surface area contributed by atoms with E-state index in [9.17, 15) is 0 Å². The largest absolute Gasteiger partial charge is 0.311 e. The van der Waals surface area contributed by atoms with Crippen LogP contribution in [0, 0.1) is 0 Å². The Hall–Kier alpha value is -6.64. The third-order valence-electron chi connectivity index (χ3n) is 11.6. The Kier molecular flexibility index (Phi) is 9.22. The van der Waals surface area contributed by atoms with Gasteiger partial charge in [0.05, 0.1) is 0 Å². The number of fused-ring (bicyclic) bond motifs is 6. The third kappa shape index (κ3) is 6.28. The van der Waals surface area contributed by atoms with E-state index in [-0.39, 0.29) is 10.8 Å². The van der Waals surface area contributed by atoms with Gasteiger partial charge in [-0.05, 0) is 116 Å². The summed E-state index contributed by atoms with van der Waals surface area (Å²) in [6, 6.07) is 51.8. The zero-order valence-corrected chi connectivity index (χ0v) is 32.9. The fraction of sp³-hybridized carbons (Fsp3) is 0.111. The molecule has 0 saturated carbocycles. The third-order valence-corrected chi connectivity index (χ3v) is 11.6. The fourth-order valence-electron chi connectivity index (χ4n) is 8.53. The molecule has 0 fully saturated rings. The van der Waals surface area contributed by atoms with E-state index in [0.29, 0.717) is 0 Å². The first kappa shape index (κ1) is 36.3. The normalized spacial score (nSPS) is 14.1. The van der Waals surface area contributed by atoms with Gasteiger partial charge in [-0.25, -0.2) is 0 Å². The molecule has 0 aromatic heterocycles. The maximum atomic E-state index is 4.55. The first-order valence-corrected chi connectivity index (χ1v) is 19.3. The van der Waals surface area contributed by atoms with Crippen molar-refractivity contribution in [2.24, 2.45) is 0 Å².